The summed E-state index contributed by atoms with van der Waals surface area (Å²) in [4.78, 5) is 15.5. The molecule has 1 fully saturated rings. The van der Waals surface area contributed by atoms with E-state index < -0.39 is 0 Å². The zero-order valence-corrected chi connectivity index (χ0v) is 15.1. The van der Waals surface area contributed by atoms with Crippen molar-refractivity contribution >= 4 is 5.91 Å². The van der Waals surface area contributed by atoms with Crippen LogP contribution in [0, 0.1) is 5.41 Å². The van der Waals surface area contributed by atoms with Crippen molar-refractivity contribution in [3.63, 3.8) is 0 Å². The van der Waals surface area contributed by atoms with Crippen molar-refractivity contribution in [3.05, 3.63) is 71.8 Å². The summed E-state index contributed by atoms with van der Waals surface area (Å²) in [5.41, 5.74) is 2.25. The number of benzene rings is 2. The molecule has 132 valence electrons. The Labute approximate surface area is 151 Å². The van der Waals surface area contributed by atoms with E-state index in [1.807, 2.05) is 24.3 Å². The first-order chi connectivity index (χ1) is 12.2. The molecule has 0 radical (unpaired) electrons. The molecule has 2 aromatic rings. The number of amides is 1. The second-order valence-electron chi connectivity index (χ2n) is 7.01. The molecule has 1 aliphatic heterocycles. The normalized spacial score (nSPS) is 19.7. The molecule has 1 saturated heterocycles. The lowest BCUT2D eigenvalue weighted by Crippen LogP contribution is -2.45. The van der Waals surface area contributed by atoms with Gasteiger partial charge >= 0.3 is 0 Å². The summed E-state index contributed by atoms with van der Waals surface area (Å²) in [7, 11) is 0. The highest BCUT2D eigenvalue weighted by Gasteiger charge is 2.41. The van der Waals surface area contributed by atoms with E-state index in [0.717, 1.165) is 38.9 Å². The Morgan fingerprint density at radius 2 is 1.68 bits per heavy atom. The van der Waals surface area contributed by atoms with Crippen LogP contribution in [0.3, 0.4) is 0 Å². The summed E-state index contributed by atoms with van der Waals surface area (Å²) >= 11 is 0. The number of rotatable bonds is 7. The van der Waals surface area contributed by atoms with Gasteiger partial charge in [0.25, 0.3) is 0 Å². The molecule has 1 atom stereocenters. The minimum absolute atomic E-state index is 0.231. The van der Waals surface area contributed by atoms with Crippen LogP contribution in [-0.2, 0) is 17.8 Å². The molecule has 1 heterocycles. The Bertz CT molecular complexity index is 663. The quantitative estimate of drug-likeness (QED) is 0.837. The minimum Gasteiger partial charge on any atom is -0.338 e. The van der Waals surface area contributed by atoms with Crippen LogP contribution < -0.4 is 5.32 Å². The van der Waals surface area contributed by atoms with Gasteiger partial charge in [0.15, 0.2) is 0 Å². The van der Waals surface area contributed by atoms with Gasteiger partial charge in [-0.25, -0.2) is 0 Å². The molecule has 1 N–H and O–H groups in total. The Hall–Kier alpha value is -2.13. The summed E-state index contributed by atoms with van der Waals surface area (Å²) in [5.74, 6) is 0.305. The van der Waals surface area contributed by atoms with E-state index in [4.69, 9.17) is 0 Å². The molecule has 1 unspecified atom stereocenters. The second-order valence-corrected chi connectivity index (χ2v) is 7.01. The topological polar surface area (TPSA) is 32.3 Å². The van der Waals surface area contributed by atoms with Gasteiger partial charge in [0.1, 0.15) is 0 Å². The first kappa shape index (κ1) is 17.7. The maximum Gasteiger partial charge on any atom is 0.230 e. The lowest BCUT2D eigenvalue weighted by atomic mass is 9.82. The number of nitrogens with zero attached hydrogens (tertiary/aromatic N) is 1. The summed E-state index contributed by atoms with van der Waals surface area (Å²) in [6, 6.07) is 20.8. The van der Waals surface area contributed by atoms with Crippen molar-refractivity contribution < 1.29 is 4.79 Å². The maximum absolute atomic E-state index is 13.4. The summed E-state index contributed by atoms with van der Waals surface area (Å²) in [6.07, 6.45) is 2.74. The Balaban J connectivity index is 1.76. The van der Waals surface area contributed by atoms with Gasteiger partial charge in [-0.15, -0.1) is 0 Å². The van der Waals surface area contributed by atoms with Crippen molar-refractivity contribution in [2.45, 2.75) is 32.7 Å². The van der Waals surface area contributed by atoms with E-state index in [1.54, 1.807) is 0 Å². The first-order valence-electron chi connectivity index (χ1n) is 9.31. The highest BCUT2D eigenvalue weighted by atomic mass is 16.2. The van der Waals surface area contributed by atoms with Crippen LogP contribution >= 0.6 is 0 Å². The van der Waals surface area contributed by atoms with E-state index in [1.165, 1.54) is 11.1 Å². The van der Waals surface area contributed by atoms with Gasteiger partial charge in [0.2, 0.25) is 5.91 Å². The third-order valence-electron chi connectivity index (χ3n) is 5.39. The van der Waals surface area contributed by atoms with Gasteiger partial charge in [-0.1, -0.05) is 67.6 Å². The van der Waals surface area contributed by atoms with E-state index in [-0.39, 0.29) is 5.41 Å². The zero-order valence-electron chi connectivity index (χ0n) is 15.1. The smallest absolute Gasteiger partial charge is 0.230 e. The van der Waals surface area contributed by atoms with Gasteiger partial charge < -0.3 is 10.2 Å². The van der Waals surface area contributed by atoms with Gasteiger partial charge in [-0.05, 0) is 36.9 Å². The number of nitrogens with one attached hydrogen (secondary N) is 1. The summed E-state index contributed by atoms with van der Waals surface area (Å²) in [6.45, 7) is 5.34. The molecule has 3 rings (SSSR count). The first-order valence-corrected chi connectivity index (χ1v) is 9.31. The number of hydrogen-bond acceptors (Lipinski definition) is 2. The van der Waals surface area contributed by atoms with Crippen molar-refractivity contribution in [2.75, 3.05) is 19.6 Å². The second kappa shape index (κ2) is 8.30. The molecule has 2 aromatic carbocycles. The van der Waals surface area contributed by atoms with Crippen molar-refractivity contribution in [2.24, 2.45) is 5.41 Å². The largest absolute Gasteiger partial charge is 0.338 e. The Morgan fingerprint density at radius 3 is 2.24 bits per heavy atom. The molecule has 0 aliphatic carbocycles. The average Bonchev–Trinajstić information content (AvgIpc) is 3.16. The molecule has 3 nitrogen and oxygen atoms in total. The molecule has 0 saturated carbocycles. The van der Waals surface area contributed by atoms with Crippen LogP contribution in [0.1, 0.15) is 30.9 Å². The standard InChI is InChI=1S/C22H28N2O/c1-2-22(14-15-23-18-22)21(25)24(17-20-11-7-4-8-12-20)16-13-19-9-5-3-6-10-19/h3-12,23H,2,13-18H2,1H3. The highest BCUT2D eigenvalue weighted by molar-refractivity contribution is 5.83. The van der Waals surface area contributed by atoms with Crippen molar-refractivity contribution in [3.8, 4) is 0 Å². The predicted molar refractivity (Wildman–Crippen MR) is 102 cm³/mol. The third kappa shape index (κ3) is 4.29. The summed E-state index contributed by atoms with van der Waals surface area (Å²) < 4.78 is 0. The number of hydrogen-bond donors (Lipinski definition) is 1. The molecule has 0 aromatic heterocycles. The van der Waals surface area contributed by atoms with Crippen LogP contribution in [-0.4, -0.2) is 30.4 Å². The van der Waals surface area contributed by atoms with Gasteiger partial charge in [0, 0.05) is 19.6 Å². The van der Waals surface area contributed by atoms with E-state index in [0.29, 0.717) is 12.5 Å². The van der Waals surface area contributed by atoms with Gasteiger partial charge in [-0.3, -0.25) is 4.79 Å². The average molecular weight is 336 g/mol. The highest BCUT2D eigenvalue weighted by Crippen LogP contribution is 2.32. The molecule has 25 heavy (non-hydrogen) atoms. The molecule has 0 spiro atoms. The van der Waals surface area contributed by atoms with E-state index in [9.17, 15) is 4.79 Å². The lowest BCUT2D eigenvalue weighted by Gasteiger charge is -2.33. The molecule has 0 bridgehead atoms. The van der Waals surface area contributed by atoms with Crippen LogP contribution in [0.5, 0.6) is 0 Å². The van der Waals surface area contributed by atoms with Crippen LogP contribution in [0.4, 0.5) is 0 Å². The van der Waals surface area contributed by atoms with E-state index in [2.05, 4.69) is 53.5 Å². The Morgan fingerprint density at radius 1 is 1.04 bits per heavy atom. The third-order valence-corrected chi connectivity index (χ3v) is 5.39. The fourth-order valence-corrected chi connectivity index (χ4v) is 3.68. The number of carbonyl (C=O) groups is 1. The molecule has 1 aliphatic rings. The van der Waals surface area contributed by atoms with E-state index >= 15 is 0 Å². The van der Waals surface area contributed by atoms with Gasteiger partial charge in [0.05, 0.1) is 5.41 Å². The molecular formula is C22H28N2O. The van der Waals surface area contributed by atoms with Crippen LogP contribution in [0.2, 0.25) is 0 Å². The monoisotopic (exact) mass is 336 g/mol. The molecular weight excluding hydrogens is 308 g/mol. The number of carbonyl (C=O) groups excluding carboxylic acids is 1. The van der Waals surface area contributed by atoms with Crippen LogP contribution in [0.25, 0.3) is 0 Å². The minimum atomic E-state index is -0.231. The molecule has 1 amide bonds. The summed E-state index contributed by atoms with van der Waals surface area (Å²) in [5, 5.41) is 3.39. The fraction of sp³-hybridized carbons (Fsp3) is 0.409. The predicted octanol–water partition coefficient (Wildman–Crippen LogP) is 3.65. The van der Waals surface area contributed by atoms with Crippen molar-refractivity contribution in [1.29, 1.82) is 0 Å². The van der Waals surface area contributed by atoms with Crippen molar-refractivity contribution in [1.82, 2.24) is 10.2 Å². The maximum atomic E-state index is 13.4. The zero-order chi connectivity index (χ0) is 17.5. The Kier molecular flexibility index (Phi) is 5.87. The SMILES string of the molecule is CCC1(C(=O)N(CCc2ccccc2)Cc2ccccc2)CCNC1. The lowest BCUT2D eigenvalue weighted by molar-refractivity contribution is -0.142. The van der Waals surface area contributed by atoms with Crippen LogP contribution in [0.15, 0.2) is 60.7 Å². The molecule has 3 heteroatoms. The fourth-order valence-electron chi connectivity index (χ4n) is 3.68. The van der Waals surface area contributed by atoms with Gasteiger partial charge in [-0.2, -0.15) is 0 Å².